The maximum absolute atomic E-state index is 12.3. The standard InChI is InChI=1S/C11H17N3O3S/c1-11(15)5-6-14(8-11)18(16,17)9-3-4-10(12-2)13-7-9/h3-4,7,15H,5-6,8H2,1-2H3,(H,12,13). The van der Waals surface area contributed by atoms with E-state index < -0.39 is 15.6 Å². The van der Waals surface area contributed by atoms with E-state index in [0.717, 1.165) is 0 Å². The van der Waals surface area contributed by atoms with Gasteiger partial charge in [0.15, 0.2) is 0 Å². The van der Waals surface area contributed by atoms with Gasteiger partial charge in [0.1, 0.15) is 10.7 Å². The average molecular weight is 271 g/mol. The van der Waals surface area contributed by atoms with E-state index in [0.29, 0.717) is 18.8 Å². The van der Waals surface area contributed by atoms with Crippen molar-refractivity contribution in [2.75, 3.05) is 25.5 Å². The molecule has 2 rings (SSSR count). The molecule has 2 N–H and O–H groups in total. The van der Waals surface area contributed by atoms with Crippen molar-refractivity contribution < 1.29 is 13.5 Å². The fraction of sp³-hybridized carbons (Fsp3) is 0.545. The molecule has 18 heavy (non-hydrogen) atoms. The predicted molar refractivity (Wildman–Crippen MR) is 67.8 cm³/mol. The van der Waals surface area contributed by atoms with Gasteiger partial charge in [0.05, 0.1) is 5.60 Å². The van der Waals surface area contributed by atoms with Gasteiger partial charge in [0, 0.05) is 26.3 Å². The van der Waals surface area contributed by atoms with E-state index in [1.165, 1.54) is 16.6 Å². The van der Waals surface area contributed by atoms with Crippen molar-refractivity contribution in [3.8, 4) is 0 Å². The topological polar surface area (TPSA) is 82.5 Å². The molecule has 1 aliphatic heterocycles. The van der Waals surface area contributed by atoms with Crippen LogP contribution in [0.25, 0.3) is 0 Å². The Morgan fingerprint density at radius 3 is 2.67 bits per heavy atom. The monoisotopic (exact) mass is 271 g/mol. The van der Waals surface area contributed by atoms with Crippen molar-refractivity contribution in [3.05, 3.63) is 18.3 Å². The highest BCUT2D eigenvalue weighted by atomic mass is 32.2. The lowest BCUT2D eigenvalue weighted by molar-refractivity contribution is 0.0762. The van der Waals surface area contributed by atoms with Crippen LogP contribution in [0.2, 0.25) is 0 Å². The molecule has 1 unspecified atom stereocenters. The molecule has 1 aromatic rings. The number of aromatic nitrogens is 1. The second-order valence-corrected chi connectivity index (χ2v) is 6.65. The van der Waals surface area contributed by atoms with Gasteiger partial charge in [-0.25, -0.2) is 13.4 Å². The number of rotatable bonds is 3. The van der Waals surface area contributed by atoms with Gasteiger partial charge in [0.2, 0.25) is 10.0 Å². The molecular weight excluding hydrogens is 254 g/mol. The summed E-state index contributed by atoms with van der Waals surface area (Å²) < 4.78 is 25.8. The third-order valence-electron chi connectivity index (χ3n) is 3.05. The average Bonchev–Trinajstić information content (AvgIpc) is 2.70. The van der Waals surface area contributed by atoms with E-state index in [1.807, 2.05) is 0 Å². The lowest BCUT2D eigenvalue weighted by Gasteiger charge is -2.18. The molecule has 0 bridgehead atoms. The van der Waals surface area contributed by atoms with Crippen LogP contribution in [0.1, 0.15) is 13.3 Å². The normalized spacial score (nSPS) is 25.3. The summed E-state index contributed by atoms with van der Waals surface area (Å²) in [6.07, 6.45) is 1.78. The molecule has 100 valence electrons. The van der Waals surface area contributed by atoms with Crippen molar-refractivity contribution in [2.45, 2.75) is 23.8 Å². The first kappa shape index (κ1) is 13.3. The van der Waals surface area contributed by atoms with Gasteiger partial charge in [-0.2, -0.15) is 4.31 Å². The Balaban J connectivity index is 2.25. The first-order valence-corrected chi connectivity index (χ1v) is 7.15. The largest absolute Gasteiger partial charge is 0.389 e. The predicted octanol–water partition coefficient (Wildman–Crippen LogP) is 0.269. The van der Waals surface area contributed by atoms with Crippen molar-refractivity contribution >= 4 is 15.8 Å². The smallest absolute Gasteiger partial charge is 0.244 e. The molecule has 1 aromatic heterocycles. The minimum Gasteiger partial charge on any atom is -0.389 e. The van der Waals surface area contributed by atoms with Crippen LogP contribution in [0, 0.1) is 0 Å². The minimum absolute atomic E-state index is 0.128. The molecule has 0 saturated carbocycles. The lowest BCUT2D eigenvalue weighted by Crippen LogP contribution is -2.34. The third-order valence-corrected chi connectivity index (χ3v) is 4.88. The number of hydrogen-bond donors (Lipinski definition) is 2. The number of β-amino-alcohol motifs (C(OH)–C–C–N with tert-alkyl or cyclic N) is 1. The zero-order chi connectivity index (χ0) is 13.4. The molecule has 0 amide bonds. The van der Waals surface area contributed by atoms with Crippen molar-refractivity contribution in [2.24, 2.45) is 0 Å². The fourth-order valence-electron chi connectivity index (χ4n) is 1.94. The number of aliphatic hydroxyl groups is 1. The summed E-state index contributed by atoms with van der Waals surface area (Å²) in [6.45, 7) is 2.11. The van der Waals surface area contributed by atoms with Crippen LogP contribution in [-0.4, -0.2) is 48.6 Å². The Kier molecular flexibility index (Phi) is 3.31. The molecule has 2 heterocycles. The van der Waals surface area contributed by atoms with E-state index >= 15 is 0 Å². The second-order valence-electron chi connectivity index (χ2n) is 4.71. The van der Waals surface area contributed by atoms with Crippen molar-refractivity contribution in [1.82, 2.24) is 9.29 Å². The van der Waals surface area contributed by atoms with E-state index in [1.54, 1.807) is 20.0 Å². The summed E-state index contributed by atoms with van der Waals surface area (Å²) in [7, 11) is -1.84. The van der Waals surface area contributed by atoms with Gasteiger partial charge < -0.3 is 10.4 Å². The molecule has 1 saturated heterocycles. The maximum Gasteiger partial charge on any atom is 0.244 e. The summed E-state index contributed by atoms with van der Waals surface area (Å²) >= 11 is 0. The van der Waals surface area contributed by atoms with Crippen LogP contribution in [0.3, 0.4) is 0 Å². The molecule has 7 heteroatoms. The molecule has 0 aliphatic carbocycles. The minimum atomic E-state index is -3.55. The summed E-state index contributed by atoms with van der Waals surface area (Å²) in [5.41, 5.74) is -0.939. The number of hydrogen-bond acceptors (Lipinski definition) is 5. The van der Waals surface area contributed by atoms with Crippen LogP contribution < -0.4 is 5.32 Å². The van der Waals surface area contributed by atoms with Crippen LogP contribution in [-0.2, 0) is 10.0 Å². The highest BCUT2D eigenvalue weighted by Crippen LogP contribution is 2.26. The lowest BCUT2D eigenvalue weighted by atomic mass is 10.1. The zero-order valence-electron chi connectivity index (χ0n) is 10.4. The maximum atomic E-state index is 12.3. The van der Waals surface area contributed by atoms with Crippen molar-refractivity contribution in [1.29, 1.82) is 0 Å². The number of pyridine rings is 1. The molecule has 1 aliphatic rings. The molecule has 1 atom stereocenters. The Bertz CT molecular complexity index is 525. The Morgan fingerprint density at radius 1 is 1.50 bits per heavy atom. The van der Waals surface area contributed by atoms with Gasteiger partial charge >= 0.3 is 0 Å². The summed E-state index contributed by atoms with van der Waals surface area (Å²) in [5.74, 6) is 0.613. The highest BCUT2D eigenvalue weighted by Gasteiger charge is 2.38. The van der Waals surface area contributed by atoms with E-state index in [2.05, 4.69) is 10.3 Å². The van der Waals surface area contributed by atoms with E-state index in [9.17, 15) is 13.5 Å². The van der Waals surface area contributed by atoms with Gasteiger partial charge in [-0.05, 0) is 25.5 Å². The van der Waals surface area contributed by atoms with Crippen LogP contribution in [0.4, 0.5) is 5.82 Å². The molecule has 6 nitrogen and oxygen atoms in total. The van der Waals surface area contributed by atoms with Gasteiger partial charge in [-0.3, -0.25) is 0 Å². The third kappa shape index (κ3) is 2.47. The quantitative estimate of drug-likeness (QED) is 0.824. The molecule has 1 fully saturated rings. The van der Waals surface area contributed by atoms with Crippen LogP contribution in [0.5, 0.6) is 0 Å². The fourth-order valence-corrected chi connectivity index (χ4v) is 3.44. The number of nitrogens with zero attached hydrogens (tertiary/aromatic N) is 2. The zero-order valence-corrected chi connectivity index (χ0v) is 11.2. The van der Waals surface area contributed by atoms with E-state index in [-0.39, 0.29) is 11.4 Å². The molecular formula is C11H17N3O3S. The molecule has 0 radical (unpaired) electrons. The van der Waals surface area contributed by atoms with E-state index in [4.69, 9.17) is 0 Å². The van der Waals surface area contributed by atoms with Crippen LogP contribution in [0.15, 0.2) is 23.2 Å². The first-order valence-electron chi connectivity index (χ1n) is 5.71. The van der Waals surface area contributed by atoms with Crippen LogP contribution >= 0.6 is 0 Å². The number of sulfonamides is 1. The molecule has 0 aromatic carbocycles. The summed E-state index contributed by atoms with van der Waals surface area (Å²) in [5, 5.41) is 12.7. The van der Waals surface area contributed by atoms with Gasteiger partial charge in [-0.15, -0.1) is 0 Å². The first-order chi connectivity index (χ1) is 8.35. The summed E-state index contributed by atoms with van der Waals surface area (Å²) in [6, 6.07) is 3.13. The van der Waals surface area contributed by atoms with Gasteiger partial charge in [0.25, 0.3) is 0 Å². The Hall–Kier alpha value is -1.18. The number of anilines is 1. The highest BCUT2D eigenvalue weighted by molar-refractivity contribution is 7.89. The Morgan fingerprint density at radius 2 is 2.22 bits per heavy atom. The summed E-state index contributed by atoms with van der Waals surface area (Å²) in [4.78, 5) is 4.14. The number of nitrogens with one attached hydrogen (secondary N) is 1. The SMILES string of the molecule is CNc1ccc(S(=O)(=O)N2CCC(C)(O)C2)cn1. The second kappa shape index (κ2) is 4.49. The molecule has 0 spiro atoms. The van der Waals surface area contributed by atoms with Gasteiger partial charge in [-0.1, -0.05) is 0 Å². The Labute approximate surface area is 107 Å². The van der Waals surface area contributed by atoms with Crippen molar-refractivity contribution in [3.63, 3.8) is 0 Å².